The molecule has 2 amide bonds. The molecule has 2 rings (SSSR count). The minimum atomic E-state index is -0.202. The fraction of sp³-hybridized carbons (Fsp3) is 0.333. The van der Waals surface area contributed by atoms with Crippen LogP contribution < -0.4 is 10.2 Å². The maximum absolute atomic E-state index is 12.6. The van der Waals surface area contributed by atoms with Crippen molar-refractivity contribution in [3.63, 3.8) is 0 Å². The number of nitrogens with one attached hydrogen (secondary N) is 1. The van der Waals surface area contributed by atoms with Crippen LogP contribution in [0.3, 0.4) is 0 Å². The molecule has 0 aromatic heterocycles. The first-order valence-corrected chi connectivity index (χ1v) is 8.53. The second kappa shape index (κ2) is 7.97. The fourth-order valence-corrected chi connectivity index (χ4v) is 2.77. The molecule has 0 saturated carbocycles. The molecular formula is C21H26N2O2. The predicted molar refractivity (Wildman–Crippen MR) is 103 cm³/mol. The molecule has 2 aromatic rings. The minimum Gasteiger partial charge on any atom is -0.324 e. The van der Waals surface area contributed by atoms with E-state index in [0.717, 1.165) is 28.1 Å². The largest absolute Gasteiger partial charge is 0.324 e. The third-order valence-electron chi connectivity index (χ3n) is 4.22. The molecule has 0 unspecified atom stereocenters. The standard InChI is InChI=1S/C21H26N2O2/c1-14(2)19-8-6-7-16(4)21(19)22-20(25)13-23(17(5)24)18-11-9-15(3)10-12-18/h6-12,14H,13H2,1-5H3,(H,22,25). The molecule has 0 heterocycles. The molecule has 25 heavy (non-hydrogen) atoms. The molecule has 0 fully saturated rings. The Kier molecular flexibility index (Phi) is 5.97. The van der Waals surface area contributed by atoms with Crippen LogP contribution in [0.15, 0.2) is 42.5 Å². The summed E-state index contributed by atoms with van der Waals surface area (Å²) in [6.07, 6.45) is 0. The first-order valence-electron chi connectivity index (χ1n) is 8.53. The number of amides is 2. The van der Waals surface area contributed by atoms with Gasteiger partial charge in [-0.3, -0.25) is 9.59 Å². The number of carbonyl (C=O) groups excluding carboxylic acids is 2. The number of carbonyl (C=O) groups is 2. The summed E-state index contributed by atoms with van der Waals surface area (Å²) in [5.74, 6) is -0.0592. The van der Waals surface area contributed by atoms with Crippen molar-refractivity contribution in [2.45, 2.75) is 40.5 Å². The maximum atomic E-state index is 12.6. The van der Waals surface area contributed by atoms with E-state index >= 15 is 0 Å². The number of aryl methyl sites for hydroxylation is 2. The van der Waals surface area contributed by atoms with Crippen LogP contribution in [0.25, 0.3) is 0 Å². The van der Waals surface area contributed by atoms with Crippen LogP contribution in [-0.4, -0.2) is 18.4 Å². The lowest BCUT2D eigenvalue weighted by atomic mass is 9.98. The zero-order chi connectivity index (χ0) is 18.6. The van der Waals surface area contributed by atoms with Crippen LogP contribution in [0, 0.1) is 13.8 Å². The van der Waals surface area contributed by atoms with Crippen molar-refractivity contribution in [2.75, 3.05) is 16.8 Å². The smallest absolute Gasteiger partial charge is 0.244 e. The Hall–Kier alpha value is -2.62. The molecule has 0 saturated heterocycles. The average Bonchev–Trinajstić information content (AvgIpc) is 2.55. The van der Waals surface area contributed by atoms with Gasteiger partial charge in [0, 0.05) is 18.3 Å². The first kappa shape index (κ1) is 18.7. The van der Waals surface area contributed by atoms with Crippen LogP contribution in [-0.2, 0) is 9.59 Å². The molecule has 0 spiro atoms. The highest BCUT2D eigenvalue weighted by atomic mass is 16.2. The molecular weight excluding hydrogens is 312 g/mol. The normalized spacial score (nSPS) is 10.6. The Labute approximate surface area is 149 Å². The van der Waals surface area contributed by atoms with Gasteiger partial charge < -0.3 is 10.2 Å². The van der Waals surface area contributed by atoms with E-state index in [4.69, 9.17) is 0 Å². The number of para-hydroxylation sites is 1. The van der Waals surface area contributed by atoms with Crippen molar-refractivity contribution in [1.29, 1.82) is 0 Å². The molecule has 0 bridgehead atoms. The summed E-state index contributed by atoms with van der Waals surface area (Å²) in [6, 6.07) is 13.6. The van der Waals surface area contributed by atoms with Crippen LogP contribution in [0.4, 0.5) is 11.4 Å². The van der Waals surface area contributed by atoms with Crippen LogP contribution in [0.5, 0.6) is 0 Å². The second-order valence-electron chi connectivity index (χ2n) is 6.68. The van der Waals surface area contributed by atoms with E-state index < -0.39 is 0 Å². The molecule has 0 aliphatic carbocycles. The number of rotatable bonds is 5. The van der Waals surface area contributed by atoms with E-state index in [0.29, 0.717) is 5.92 Å². The molecule has 1 N–H and O–H groups in total. The zero-order valence-corrected chi connectivity index (χ0v) is 15.6. The van der Waals surface area contributed by atoms with Crippen LogP contribution in [0.1, 0.15) is 43.4 Å². The molecule has 0 aliphatic rings. The monoisotopic (exact) mass is 338 g/mol. The molecule has 4 nitrogen and oxygen atoms in total. The van der Waals surface area contributed by atoms with Gasteiger partial charge in [0.2, 0.25) is 11.8 Å². The number of hydrogen-bond acceptors (Lipinski definition) is 2. The Bertz CT molecular complexity index is 764. The number of nitrogens with zero attached hydrogens (tertiary/aromatic N) is 1. The van der Waals surface area contributed by atoms with Gasteiger partial charge in [0.1, 0.15) is 6.54 Å². The summed E-state index contributed by atoms with van der Waals surface area (Å²) in [7, 11) is 0. The Morgan fingerprint density at radius 1 is 1.04 bits per heavy atom. The highest BCUT2D eigenvalue weighted by Crippen LogP contribution is 2.27. The van der Waals surface area contributed by atoms with Gasteiger partial charge >= 0.3 is 0 Å². The summed E-state index contributed by atoms with van der Waals surface area (Å²) < 4.78 is 0. The van der Waals surface area contributed by atoms with Gasteiger partial charge in [-0.05, 0) is 43.0 Å². The lowest BCUT2D eigenvalue weighted by molar-refractivity contribution is -0.120. The van der Waals surface area contributed by atoms with Crippen LogP contribution in [0.2, 0.25) is 0 Å². The molecule has 2 aromatic carbocycles. The summed E-state index contributed by atoms with van der Waals surface area (Å²) in [6.45, 7) is 9.62. The summed E-state index contributed by atoms with van der Waals surface area (Å²) in [5.41, 5.74) is 4.79. The third-order valence-corrected chi connectivity index (χ3v) is 4.22. The van der Waals surface area contributed by atoms with Gasteiger partial charge in [-0.1, -0.05) is 49.7 Å². The quantitative estimate of drug-likeness (QED) is 0.877. The third kappa shape index (κ3) is 4.69. The Morgan fingerprint density at radius 2 is 1.68 bits per heavy atom. The summed E-state index contributed by atoms with van der Waals surface area (Å²) in [4.78, 5) is 26.1. The average molecular weight is 338 g/mol. The van der Waals surface area contributed by atoms with Crippen molar-refractivity contribution < 1.29 is 9.59 Å². The lowest BCUT2D eigenvalue weighted by Crippen LogP contribution is -2.37. The van der Waals surface area contributed by atoms with E-state index in [-0.39, 0.29) is 18.4 Å². The summed E-state index contributed by atoms with van der Waals surface area (Å²) in [5, 5.41) is 2.99. The molecule has 0 radical (unpaired) electrons. The van der Waals surface area contributed by atoms with E-state index in [1.165, 1.54) is 11.8 Å². The van der Waals surface area contributed by atoms with E-state index in [2.05, 4.69) is 19.2 Å². The van der Waals surface area contributed by atoms with Crippen LogP contribution >= 0.6 is 0 Å². The van der Waals surface area contributed by atoms with Gasteiger partial charge in [0.15, 0.2) is 0 Å². The van der Waals surface area contributed by atoms with E-state index in [9.17, 15) is 9.59 Å². The molecule has 132 valence electrons. The van der Waals surface area contributed by atoms with Gasteiger partial charge in [-0.25, -0.2) is 0 Å². The van der Waals surface area contributed by atoms with Gasteiger partial charge in [0.25, 0.3) is 0 Å². The zero-order valence-electron chi connectivity index (χ0n) is 15.6. The number of benzene rings is 2. The lowest BCUT2D eigenvalue weighted by Gasteiger charge is -2.22. The topological polar surface area (TPSA) is 49.4 Å². The molecule has 4 heteroatoms. The highest BCUT2D eigenvalue weighted by Gasteiger charge is 2.18. The van der Waals surface area contributed by atoms with Gasteiger partial charge in [0.05, 0.1) is 0 Å². The van der Waals surface area contributed by atoms with Gasteiger partial charge in [-0.2, -0.15) is 0 Å². The van der Waals surface area contributed by atoms with E-state index in [1.807, 2.05) is 56.3 Å². The second-order valence-corrected chi connectivity index (χ2v) is 6.68. The van der Waals surface area contributed by atoms with E-state index in [1.54, 1.807) is 0 Å². The first-order chi connectivity index (χ1) is 11.8. The molecule has 0 aliphatic heterocycles. The maximum Gasteiger partial charge on any atom is 0.244 e. The van der Waals surface area contributed by atoms with Gasteiger partial charge in [-0.15, -0.1) is 0 Å². The number of hydrogen-bond donors (Lipinski definition) is 1. The minimum absolute atomic E-state index is 0.00966. The predicted octanol–water partition coefficient (Wildman–Crippen LogP) is 4.42. The summed E-state index contributed by atoms with van der Waals surface area (Å²) >= 11 is 0. The Morgan fingerprint density at radius 3 is 2.24 bits per heavy atom. The number of anilines is 2. The highest BCUT2D eigenvalue weighted by molar-refractivity contribution is 6.02. The Balaban J connectivity index is 2.21. The van der Waals surface area contributed by atoms with Crippen molar-refractivity contribution in [3.8, 4) is 0 Å². The fourth-order valence-electron chi connectivity index (χ4n) is 2.77. The van der Waals surface area contributed by atoms with Crippen molar-refractivity contribution in [3.05, 3.63) is 59.2 Å². The van der Waals surface area contributed by atoms with Crippen molar-refractivity contribution in [2.24, 2.45) is 0 Å². The SMILES string of the molecule is CC(=O)N(CC(=O)Nc1c(C)cccc1C(C)C)c1ccc(C)cc1. The van der Waals surface area contributed by atoms with Crippen molar-refractivity contribution in [1.82, 2.24) is 0 Å². The van der Waals surface area contributed by atoms with Crippen molar-refractivity contribution >= 4 is 23.2 Å². The molecule has 0 atom stereocenters.